The lowest BCUT2D eigenvalue weighted by atomic mass is 9.83. The lowest BCUT2D eigenvalue weighted by Crippen LogP contribution is -2.41. The van der Waals surface area contributed by atoms with Gasteiger partial charge in [0.15, 0.2) is 0 Å². The number of rotatable bonds is 13. The van der Waals surface area contributed by atoms with Crippen LogP contribution in [0.4, 0.5) is 9.59 Å². The minimum atomic E-state index is -4.05. The molecule has 4 rings (SSSR count). The fourth-order valence-electron chi connectivity index (χ4n) is 5.19. The van der Waals surface area contributed by atoms with Crippen molar-refractivity contribution in [1.82, 2.24) is 20.1 Å². The molecule has 0 aliphatic heterocycles. The Balaban J connectivity index is 1.49. The molecule has 0 saturated heterocycles. The Morgan fingerprint density at radius 3 is 1.19 bits per heavy atom. The van der Waals surface area contributed by atoms with Crippen LogP contribution in [0.1, 0.15) is 63.8 Å². The van der Waals surface area contributed by atoms with Gasteiger partial charge in [0.05, 0.1) is 22.9 Å². The lowest BCUT2D eigenvalue weighted by molar-refractivity contribution is 0.240. The van der Waals surface area contributed by atoms with Crippen LogP contribution >= 0.6 is 0 Å². The maximum atomic E-state index is 12.6. The van der Waals surface area contributed by atoms with Crippen molar-refractivity contribution in [3.63, 3.8) is 0 Å². The molecule has 0 saturated carbocycles. The molecule has 14 heteroatoms. The predicted molar refractivity (Wildman–Crippen MR) is 210 cm³/mol. The van der Waals surface area contributed by atoms with Gasteiger partial charge in [-0.2, -0.15) is 0 Å². The van der Waals surface area contributed by atoms with E-state index in [0.717, 1.165) is 33.4 Å². The van der Waals surface area contributed by atoms with Gasteiger partial charge in [-0.1, -0.05) is 89.1 Å². The molecule has 4 aromatic rings. The fourth-order valence-corrected chi connectivity index (χ4v) is 7.04. The standard InChI is InChI=1S/C40H50N4O8S2/c1-27-9-15-31(16-10-27)53(47,48)43-37(45)41-21-23-51-35-19-13-29(39(3,4)5)25-33(35)34-26-30(40(6,7)8)14-20-36(34)52-24-22-42-38(46)44-54(49,50)32-17-11-28(2)12-18-32/h9-20,25-26H,21-24H2,1-8H3,(H2,41,43,45)(H2,42,44,46). The van der Waals surface area contributed by atoms with Gasteiger partial charge in [-0.3, -0.25) is 0 Å². The van der Waals surface area contributed by atoms with Crippen LogP contribution in [-0.2, 0) is 30.9 Å². The highest BCUT2D eigenvalue weighted by molar-refractivity contribution is 7.90. The van der Waals surface area contributed by atoms with Gasteiger partial charge in [0.1, 0.15) is 24.7 Å². The molecule has 0 aromatic heterocycles. The molecule has 4 amide bonds. The molecular weight excluding hydrogens is 729 g/mol. The number of aryl methyl sites for hydroxylation is 2. The zero-order chi connectivity index (χ0) is 39.9. The Labute approximate surface area is 319 Å². The van der Waals surface area contributed by atoms with Crippen LogP contribution in [-0.4, -0.2) is 55.2 Å². The minimum absolute atomic E-state index is 0.00840. The first-order valence-electron chi connectivity index (χ1n) is 17.5. The summed E-state index contributed by atoms with van der Waals surface area (Å²) >= 11 is 0. The van der Waals surface area contributed by atoms with E-state index in [-0.39, 0.29) is 46.9 Å². The number of hydrogen-bond acceptors (Lipinski definition) is 8. The number of carbonyl (C=O) groups excluding carboxylic acids is 2. The Morgan fingerprint density at radius 2 is 0.870 bits per heavy atom. The smallest absolute Gasteiger partial charge is 0.328 e. The Hall–Kier alpha value is -5.08. The van der Waals surface area contributed by atoms with Gasteiger partial charge >= 0.3 is 12.1 Å². The predicted octanol–water partition coefficient (Wildman–Crippen LogP) is 6.70. The summed E-state index contributed by atoms with van der Waals surface area (Å²) in [4.78, 5) is 25.0. The van der Waals surface area contributed by atoms with E-state index in [1.54, 1.807) is 24.3 Å². The first-order chi connectivity index (χ1) is 25.2. The molecule has 0 fully saturated rings. The third-order valence-corrected chi connectivity index (χ3v) is 11.1. The second-order valence-electron chi connectivity index (χ2n) is 15.0. The zero-order valence-corrected chi connectivity index (χ0v) is 33.6. The highest BCUT2D eigenvalue weighted by atomic mass is 32.2. The van der Waals surface area contributed by atoms with Crippen LogP contribution < -0.4 is 29.6 Å². The highest BCUT2D eigenvalue weighted by Gasteiger charge is 2.23. The van der Waals surface area contributed by atoms with E-state index < -0.39 is 32.1 Å². The summed E-state index contributed by atoms with van der Waals surface area (Å²) in [6.07, 6.45) is 0. The normalized spacial score (nSPS) is 12.1. The molecule has 0 aliphatic rings. The maximum Gasteiger partial charge on any atom is 0.328 e. The summed E-state index contributed by atoms with van der Waals surface area (Å²) in [5.74, 6) is 1.01. The second kappa shape index (κ2) is 16.9. The number of nitrogens with one attached hydrogen (secondary N) is 4. The molecule has 0 heterocycles. The van der Waals surface area contributed by atoms with E-state index in [9.17, 15) is 26.4 Å². The van der Waals surface area contributed by atoms with Crippen LogP contribution in [0.15, 0.2) is 94.7 Å². The molecule has 0 aliphatic carbocycles. The number of ether oxygens (including phenoxy) is 2. The summed E-state index contributed by atoms with van der Waals surface area (Å²) in [7, 11) is -8.11. The zero-order valence-electron chi connectivity index (χ0n) is 32.0. The number of benzene rings is 4. The lowest BCUT2D eigenvalue weighted by Gasteiger charge is -2.25. The molecule has 4 N–H and O–H groups in total. The molecule has 290 valence electrons. The summed E-state index contributed by atoms with van der Waals surface area (Å²) in [6, 6.07) is 22.2. The van der Waals surface area contributed by atoms with Gasteiger partial charge in [-0.05, 0) is 84.3 Å². The second-order valence-corrected chi connectivity index (χ2v) is 18.3. The van der Waals surface area contributed by atoms with E-state index in [1.165, 1.54) is 24.3 Å². The van der Waals surface area contributed by atoms with Crippen molar-refractivity contribution >= 4 is 32.1 Å². The van der Waals surface area contributed by atoms with Crippen LogP contribution in [0, 0.1) is 13.8 Å². The first-order valence-corrected chi connectivity index (χ1v) is 20.4. The maximum absolute atomic E-state index is 12.6. The van der Waals surface area contributed by atoms with Crippen molar-refractivity contribution in [3.8, 4) is 22.6 Å². The van der Waals surface area contributed by atoms with Gasteiger partial charge in [-0.25, -0.2) is 35.9 Å². The molecule has 54 heavy (non-hydrogen) atoms. The number of hydrogen-bond donors (Lipinski definition) is 4. The van der Waals surface area contributed by atoms with Crippen molar-refractivity contribution < 1.29 is 35.9 Å². The molecule has 0 radical (unpaired) electrons. The molecule has 12 nitrogen and oxygen atoms in total. The molecule has 0 bridgehead atoms. The molecule has 0 atom stereocenters. The minimum Gasteiger partial charge on any atom is -0.491 e. The van der Waals surface area contributed by atoms with E-state index in [0.29, 0.717) is 11.5 Å². The van der Waals surface area contributed by atoms with Crippen molar-refractivity contribution in [2.24, 2.45) is 0 Å². The summed E-state index contributed by atoms with van der Waals surface area (Å²) < 4.78 is 67.0. The topological polar surface area (TPSA) is 169 Å². The van der Waals surface area contributed by atoms with Crippen molar-refractivity contribution in [1.29, 1.82) is 0 Å². The van der Waals surface area contributed by atoms with Gasteiger partial charge in [0.2, 0.25) is 0 Å². The molecular formula is C40H50N4O8S2. The number of carbonyl (C=O) groups is 2. The van der Waals surface area contributed by atoms with E-state index in [4.69, 9.17) is 9.47 Å². The van der Waals surface area contributed by atoms with Crippen molar-refractivity contribution in [2.45, 2.75) is 76.0 Å². The number of amides is 4. The third kappa shape index (κ3) is 11.5. The van der Waals surface area contributed by atoms with Gasteiger partial charge in [0.25, 0.3) is 20.0 Å². The fraction of sp³-hybridized carbons (Fsp3) is 0.350. The largest absolute Gasteiger partial charge is 0.491 e. The Morgan fingerprint density at radius 1 is 0.537 bits per heavy atom. The van der Waals surface area contributed by atoms with Crippen LogP contribution in [0.25, 0.3) is 11.1 Å². The summed E-state index contributed by atoms with van der Waals surface area (Å²) in [6.45, 7) is 16.3. The summed E-state index contributed by atoms with van der Waals surface area (Å²) in [5, 5.41) is 5.08. The molecule has 0 spiro atoms. The van der Waals surface area contributed by atoms with Gasteiger partial charge < -0.3 is 20.1 Å². The SMILES string of the molecule is Cc1ccc(S(=O)(=O)NC(=O)NCCOc2ccc(C(C)(C)C)cc2-c2cc(C(C)(C)C)ccc2OCCNC(=O)NS(=O)(=O)c2ccc(C)cc2)cc1. The number of sulfonamides is 2. The highest BCUT2D eigenvalue weighted by Crippen LogP contribution is 2.41. The Bertz CT molecular complexity index is 2020. The van der Waals surface area contributed by atoms with E-state index in [1.807, 2.05) is 59.7 Å². The van der Waals surface area contributed by atoms with Gasteiger partial charge in [0, 0.05) is 11.1 Å². The quantitative estimate of drug-likeness (QED) is 0.109. The van der Waals surface area contributed by atoms with Crippen molar-refractivity contribution in [3.05, 3.63) is 107 Å². The van der Waals surface area contributed by atoms with Crippen LogP contribution in [0.3, 0.4) is 0 Å². The molecule has 4 aromatic carbocycles. The van der Waals surface area contributed by atoms with Crippen LogP contribution in [0.5, 0.6) is 11.5 Å². The average molecular weight is 779 g/mol. The number of urea groups is 2. The van der Waals surface area contributed by atoms with Gasteiger partial charge in [-0.15, -0.1) is 0 Å². The molecule has 0 unspecified atom stereocenters. The first kappa shape index (κ1) is 41.7. The monoisotopic (exact) mass is 778 g/mol. The summed E-state index contributed by atoms with van der Waals surface area (Å²) in [5.41, 5.74) is 4.87. The van der Waals surface area contributed by atoms with Crippen LogP contribution in [0.2, 0.25) is 0 Å². The Kier molecular flexibility index (Phi) is 13.1. The average Bonchev–Trinajstić information content (AvgIpc) is 3.08. The van der Waals surface area contributed by atoms with Crippen molar-refractivity contribution in [2.75, 3.05) is 26.3 Å². The third-order valence-electron chi connectivity index (χ3n) is 8.39. The van der Waals surface area contributed by atoms with E-state index in [2.05, 4.69) is 52.2 Å². The van der Waals surface area contributed by atoms with E-state index >= 15 is 0 Å².